The third-order valence-corrected chi connectivity index (χ3v) is 6.35. The summed E-state index contributed by atoms with van der Waals surface area (Å²) >= 11 is 6.01. The molecule has 0 saturated heterocycles. The van der Waals surface area contributed by atoms with Crippen molar-refractivity contribution in [1.82, 2.24) is 19.6 Å². The molecule has 0 atom stereocenters. The summed E-state index contributed by atoms with van der Waals surface area (Å²) in [6, 6.07) is 12.0. The highest BCUT2D eigenvalue weighted by Crippen LogP contribution is 2.25. The number of benzene rings is 2. The molecule has 0 bridgehead atoms. The monoisotopic (exact) mass is 433 g/mol. The fourth-order valence-corrected chi connectivity index (χ4v) is 4.13. The summed E-state index contributed by atoms with van der Waals surface area (Å²) < 4.78 is 27.6. The number of hydrogen-bond acceptors (Lipinski definition) is 6. The van der Waals surface area contributed by atoms with Crippen molar-refractivity contribution in [3.8, 4) is 0 Å². The zero-order valence-corrected chi connectivity index (χ0v) is 18.0. The van der Waals surface area contributed by atoms with Crippen molar-refractivity contribution >= 4 is 44.0 Å². The summed E-state index contributed by atoms with van der Waals surface area (Å²) in [5.41, 5.74) is 1.45. The molecular formula is C20H24ClN5O2S. The molecule has 9 heteroatoms. The summed E-state index contributed by atoms with van der Waals surface area (Å²) in [4.78, 5) is 10.9. The molecule has 3 aromatic rings. The SMILES string of the molecule is CCN(CC)CCNS(=O)(=O)c1ccc(Nc2ncnc3cc(Cl)ccc23)cc1. The van der Waals surface area contributed by atoms with Gasteiger partial charge in [0.25, 0.3) is 0 Å². The Balaban J connectivity index is 1.70. The number of fused-ring (bicyclic) bond motifs is 1. The molecule has 154 valence electrons. The lowest BCUT2D eigenvalue weighted by molar-refractivity contribution is 0.309. The van der Waals surface area contributed by atoms with E-state index in [-0.39, 0.29) is 4.90 Å². The Morgan fingerprint density at radius 3 is 2.45 bits per heavy atom. The Hall–Kier alpha value is -2.26. The highest BCUT2D eigenvalue weighted by molar-refractivity contribution is 7.89. The lowest BCUT2D eigenvalue weighted by Crippen LogP contribution is -2.34. The van der Waals surface area contributed by atoms with Crippen LogP contribution < -0.4 is 10.0 Å². The average Bonchev–Trinajstić information content (AvgIpc) is 2.71. The minimum atomic E-state index is -3.55. The summed E-state index contributed by atoms with van der Waals surface area (Å²) in [6.07, 6.45) is 1.46. The van der Waals surface area contributed by atoms with Crippen molar-refractivity contribution in [2.75, 3.05) is 31.5 Å². The second kappa shape index (κ2) is 9.49. The zero-order chi connectivity index (χ0) is 20.9. The van der Waals surface area contributed by atoms with Crippen LogP contribution in [0.25, 0.3) is 10.9 Å². The van der Waals surface area contributed by atoms with E-state index < -0.39 is 10.0 Å². The molecule has 0 radical (unpaired) electrons. The van der Waals surface area contributed by atoms with E-state index in [0.717, 1.165) is 29.7 Å². The van der Waals surface area contributed by atoms with Crippen LogP contribution in [0.1, 0.15) is 13.8 Å². The molecule has 1 aromatic heterocycles. The number of halogens is 1. The molecule has 0 aliphatic heterocycles. The van der Waals surface area contributed by atoms with E-state index in [1.165, 1.54) is 6.33 Å². The van der Waals surface area contributed by atoms with Gasteiger partial charge in [-0.3, -0.25) is 0 Å². The molecule has 0 unspecified atom stereocenters. The highest BCUT2D eigenvalue weighted by atomic mass is 35.5. The predicted octanol–water partition coefficient (Wildman–Crippen LogP) is 3.65. The van der Waals surface area contributed by atoms with Gasteiger partial charge in [0.05, 0.1) is 10.4 Å². The first kappa shape index (κ1) is 21.4. The molecule has 7 nitrogen and oxygen atoms in total. The van der Waals surface area contributed by atoms with Gasteiger partial charge in [0.15, 0.2) is 0 Å². The topological polar surface area (TPSA) is 87.2 Å². The van der Waals surface area contributed by atoms with E-state index in [2.05, 4.69) is 38.8 Å². The van der Waals surface area contributed by atoms with E-state index in [4.69, 9.17) is 11.6 Å². The van der Waals surface area contributed by atoms with Crippen LogP contribution in [0.3, 0.4) is 0 Å². The summed E-state index contributed by atoms with van der Waals surface area (Å²) in [5.74, 6) is 0.625. The van der Waals surface area contributed by atoms with E-state index >= 15 is 0 Å². The molecule has 0 fully saturated rings. The van der Waals surface area contributed by atoms with Crippen LogP contribution in [0.4, 0.5) is 11.5 Å². The molecule has 29 heavy (non-hydrogen) atoms. The van der Waals surface area contributed by atoms with E-state index in [0.29, 0.717) is 23.9 Å². The third-order valence-electron chi connectivity index (χ3n) is 4.64. The smallest absolute Gasteiger partial charge is 0.240 e. The molecule has 0 aliphatic carbocycles. The van der Waals surface area contributed by atoms with Crippen molar-refractivity contribution in [3.63, 3.8) is 0 Å². The van der Waals surface area contributed by atoms with Crippen molar-refractivity contribution in [2.45, 2.75) is 18.7 Å². The number of anilines is 2. The maximum absolute atomic E-state index is 12.5. The molecule has 2 aromatic carbocycles. The summed E-state index contributed by atoms with van der Waals surface area (Å²) in [7, 11) is -3.55. The number of sulfonamides is 1. The van der Waals surface area contributed by atoms with Crippen LogP contribution in [0.15, 0.2) is 53.7 Å². The van der Waals surface area contributed by atoms with Gasteiger partial charge in [-0.15, -0.1) is 0 Å². The number of likely N-dealkylation sites (N-methyl/N-ethyl adjacent to an activating group) is 1. The van der Waals surface area contributed by atoms with Crippen molar-refractivity contribution in [3.05, 3.63) is 53.8 Å². The van der Waals surface area contributed by atoms with Gasteiger partial charge in [0, 0.05) is 29.2 Å². The lowest BCUT2D eigenvalue weighted by Gasteiger charge is -2.18. The maximum atomic E-state index is 12.5. The van der Waals surface area contributed by atoms with E-state index in [9.17, 15) is 8.42 Å². The van der Waals surface area contributed by atoms with Crippen LogP contribution in [0.5, 0.6) is 0 Å². The Labute approximate surface area is 176 Å². The first-order valence-corrected chi connectivity index (χ1v) is 11.3. The van der Waals surface area contributed by atoms with Gasteiger partial charge in [0.2, 0.25) is 10.0 Å². The molecule has 3 rings (SSSR count). The highest BCUT2D eigenvalue weighted by Gasteiger charge is 2.14. The van der Waals surface area contributed by atoms with Crippen LogP contribution in [-0.2, 0) is 10.0 Å². The number of nitrogens with one attached hydrogen (secondary N) is 2. The summed E-state index contributed by atoms with van der Waals surface area (Å²) in [5, 5.41) is 4.63. The van der Waals surface area contributed by atoms with Gasteiger partial charge in [-0.05, 0) is 55.6 Å². The molecule has 0 amide bonds. The third kappa shape index (κ3) is 5.42. The number of hydrogen-bond donors (Lipinski definition) is 2. The van der Waals surface area contributed by atoms with E-state index in [1.54, 1.807) is 36.4 Å². The first-order chi connectivity index (χ1) is 13.9. The second-order valence-electron chi connectivity index (χ2n) is 6.46. The fraction of sp³-hybridized carbons (Fsp3) is 0.300. The standard InChI is InChI=1S/C20H24ClN5O2S/c1-3-26(4-2)12-11-24-29(27,28)17-8-6-16(7-9-17)25-20-18-10-5-15(21)13-19(18)22-14-23-20/h5-10,13-14,24H,3-4,11-12H2,1-2H3,(H,22,23,25). The Morgan fingerprint density at radius 2 is 1.76 bits per heavy atom. The van der Waals surface area contributed by atoms with Gasteiger partial charge in [0.1, 0.15) is 12.1 Å². The molecule has 1 heterocycles. The molecule has 2 N–H and O–H groups in total. The van der Waals surface area contributed by atoms with Crippen LogP contribution in [0, 0.1) is 0 Å². The Kier molecular flexibility index (Phi) is 7.02. The predicted molar refractivity (Wildman–Crippen MR) is 117 cm³/mol. The maximum Gasteiger partial charge on any atom is 0.240 e. The number of aromatic nitrogens is 2. The van der Waals surface area contributed by atoms with Crippen molar-refractivity contribution in [2.24, 2.45) is 0 Å². The average molecular weight is 434 g/mol. The normalized spacial score (nSPS) is 11.9. The van der Waals surface area contributed by atoms with E-state index in [1.807, 2.05) is 6.07 Å². The summed E-state index contributed by atoms with van der Waals surface area (Å²) in [6.45, 7) is 6.94. The van der Waals surface area contributed by atoms with Gasteiger partial charge < -0.3 is 10.2 Å². The Bertz CT molecular complexity index is 1070. The fourth-order valence-electron chi connectivity index (χ4n) is 2.95. The van der Waals surface area contributed by atoms with Gasteiger partial charge in [-0.1, -0.05) is 25.4 Å². The van der Waals surface area contributed by atoms with Crippen LogP contribution in [-0.4, -0.2) is 49.5 Å². The number of rotatable bonds is 9. The number of nitrogens with zero attached hydrogens (tertiary/aromatic N) is 3. The lowest BCUT2D eigenvalue weighted by atomic mass is 10.2. The van der Waals surface area contributed by atoms with Gasteiger partial charge in [-0.25, -0.2) is 23.1 Å². The minimum Gasteiger partial charge on any atom is -0.340 e. The second-order valence-corrected chi connectivity index (χ2v) is 8.66. The first-order valence-electron chi connectivity index (χ1n) is 9.42. The minimum absolute atomic E-state index is 0.224. The van der Waals surface area contributed by atoms with Crippen molar-refractivity contribution in [1.29, 1.82) is 0 Å². The molecule has 0 aliphatic rings. The van der Waals surface area contributed by atoms with Gasteiger partial charge in [-0.2, -0.15) is 0 Å². The van der Waals surface area contributed by atoms with Gasteiger partial charge >= 0.3 is 0 Å². The van der Waals surface area contributed by atoms with Crippen LogP contribution in [0.2, 0.25) is 5.02 Å². The molecular weight excluding hydrogens is 410 g/mol. The zero-order valence-electron chi connectivity index (χ0n) is 16.4. The largest absolute Gasteiger partial charge is 0.340 e. The quantitative estimate of drug-likeness (QED) is 0.535. The molecule has 0 saturated carbocycles. The molecule has 0 spiro atoms. The Morgan fingerprint density at radius 1 is 1.03 bits per heavy atom. The van der Waals surface area contributed by atoms with Crippen molar-refractivity contribution < 1.29 is 8.42 Å². The van der Waals surface area contributed by atoms with Crippen LogP contribution >= 0.6 is 11.6 Å².